The van der Waals surface area contributed by atoms with Gasteiger partial charge < -0.3 is 20.7 Å². The molecular weight excluding hydrogens is 302 g/mol. The lowest BCUT2D eigenvalue weighted by Gasteiger charge is -2.32. The summed E-state index contributed by atoms with van der Waals surface area (Å²) in [7, 11) is 0. The van der Waals surface area contributed by atoms with Crippen LogP contribution in [0.15, 0.2) is 18.2 Å². The highest BCUT2D eigenvalue weighted by molar-refractivity contribution is 5.70. The second-order valence-corrected chi connectivity index (χ2v) is 8.01. The Morgan fingerprint density at radius 1 is 1.33 bits per heavy atom. The number of carbonyl (C=O) groups excluding carboxylic acids is 1. The van der Waals surface area contributed by atoms with Gasteiger partial charge in [-0.05, 0) is 63.6 Å². The van der Waals surface area contributed by atoms with E-state index in [1.54, 1.807) is 4.90 Å². The fourth-order valence-electron chi connectivity index (χ4n) is 3.57. The summed E-state index contributed by atoms with van der Waals surface area (Å²) in [5.74, 6) is 0. The van der Waals surface area contributed by atoms with Gasteiger partial charge in [-0.15, -0.1) is 0 Å². The van der Waals surface area contributed by atoms with Gasteiger partial charge in [0.05, 0.1) is 6.54 Å². The summed E-state index contributed by atoms with van der Waals surface area (Å²) in [5, 5.41) is 3.65. The Balaban J connectivity index is 1.73. The maximum atomic E-state index is 12.4. The zero-order chi connectivity index (χ0) is 17.3. The standard InChI is InChI=1S/C19H29N3O2/c1-19(2,3)24-18(23)22-10-9-13-5-4-6-17(16(13)12-22)21-15-8-7-14(20)11-15/h4-6,14-15,21H,7-12,20H2,1-3H3. The monoisotopic (exact) mass is 331 g/mol. The summed E-state index contributed by atoms with van der Waals surface area (Å²) in [6.45, 7) is 7.02. The highest BCUT2D eigenvalue weighted by Gasteiger charge is 2.28. The molecule has 1 aliphatic heterocycles. The number of rotatable bonds is 2. The number of carbonyl (C=O) groups is 1. The number of nitrogens with two attached hydrogens (primary N) is 1. The molecule has 3 rings (SSSR count). The predicted molar refractivity (Wildman–Crippen MR) is 96.0 cm³/mol. The van der Waals surface area contributed by atoms with Crippen molar-refractivity contribution in [3.8, 4) is 0 Å². The molecule has 3 N–H and O–H groups in total. The summed E-state index contributed by atoms with van der Waals surface area (Å²) in [6.07, 6.45) is 3.84. The maximum absolute atomic E-state index is 12.4. The second kappa shape index (κ2) is 6.63. The minimum atomic E-state index is -0.463. The van der Waals surface area contributed by atoms with E-state index in [9.17, 15) is 4.79 Å². The van der Waals surface area contributed by atoms with Crippen molar-refractivity contribution >= 4 is 11.8 Å². The molecule has 0 aromatic heterocycles. The minimum absolute atomic E-state index is 0.231. The summed E-state index contributed by atoms with van der Waals surface area (Å²) < 4.78 is 5.53. The third-order valence-electron chi connectivity index (χ3n) is 4.76. The van der Waals surface area contributed by atoms with Gasteiger partial charge in [0.15, 0.2) is 0 Å². The van der Waals surface area contributed by atoms with Crippen molar-refractivity contribution in [3.63, 3.8) is 0 Å². The van der Waals surface area contributed by atoms with Crippen molar-refractivity contribution in [3.05, 3.63) is 29.3 Å². The Bertz CT molecular complexity index is 609. The molecule has 0 saturated heterocycles. The van der Waals surface area contributed by atoms with Crippen LogP contribution in [0.2, 0.25) is 0 Å². The van der Waals surface area contributed by atoms with Crippen molar-refractivity contribution in [1.82, 2.24) is 4.90 Å². The van der Waals surface area contributed by atoms with E-state index in [0.29, 0.717) is 25.2 Å². The number of hydrogen-bond donors (Lipinski definition) is 2. The fourth-order valence-corrected chi connectivity index (χ4v) is 3.57. The Morgan fingerprint density at radius 3 is 2.79 bits per heavy atom. The summed E-state index contributed by atoms with van der Waals surface area (Å²) in [6, 6.07) is 7.11. The molecule has 132 valence electrons. The van der Waals surface area contributed by atoms with E-state index in [1.165, 1.54) is 11.1 Å². The molecule has 1 aliphatic carbocycles. The van der Waals surface area contributed by atoms with Gasteiger partial charge in [0.2, 0.25) is 0 Å². The number of nitrogens with zero attached hydrogens (tertiary/aromatic N) is 1. The van der Waals surface area contributed by atoms with Crippen molar-refractivity contribution in [1.29, 1.82) is 0 Å². The summed E-state index contributed by atoms with van der Waals surface area (Å²) >= 11 is 0. The number of ether oxygens (including phenoxy) is 1. The van der Waals surface area contributed by atoms with Crippen molar-refractivity contribution in [2.45, 2.75) is 70.7 Å². The van der Waals surface area contributed by atoms with Crippen molar-refractivity contribution < 1.29 is 9.53 Å². The lowest BCUT2D eigenvalue weighted by atomic mass is 9.97. The quantitative estimate of drug-likeness (QED) is 0.873. The summed E-state index contributed by atoms with van der Waals surface area (Å²) in [5.41, 5.74) is 9.24. The lowest BCUT2D eigenvalue weighted by molar-refractivity contribution is 0.0224. The Morgan fingerprint density at radius 2 is 2.12 bits per heavy atom. The molecule has 0 spiro atoms. The van der Waals surface area contributed by atoms with Crippen LogP contribution in [0.5, 0.6) is 0 Å². The molecule has 1 heterocycles. The number of hydrogen-bond acceptors (Lipinski definition) is 4. The van der Waals surface area contributed by atoms with E-state index in [0.717, 1.165) is 31.4 Å². The minimum Gasteiger partial charge on any atom is -0.444 e. The van der Waals surface area contributed by atoms with Crippen molar-refractivity contribution in [2.75, 3.05) is 11.9 Å². The Hall–Kier alpha value is -1.75. The smallest absolute Gasteiger partial charge is 0.410 e. The third kappa shape index (κ3) is 4.01. The zero-order valence-electron chi connectivity index (χ0n) is 15.0. The average molecular weight is 331 g/mol. The molecule has 2 unspecified atom stereocenters. The molecule has 2 atom stereocenters. The van der Waals surface area contributed by atoms with Gasteiger partial charge in [-0.1, -0.05) is 12.1 Å². The van der Waals surface area contributed by atoms with Crippen LogP contribution in [0.3, 0.4) is 0 Å². The average Bonchev–Trinajstić information content (AvgIpc) is 2.90. The normalized spacial score (nSPS) is 23.8. The molecule has 0 radical (unpaired) electrons. The summed E-state index contributed by atoms with van der Waals surface area (Å²) in [4.78, 5) is 14.2. The number of amides is 1. The van der Waals surface area contributed by atoms with Crippen molar-refractivity contribution in [2.24, 2.45) is 5.73 Å². The first-order valence-electron chi connectivity index (χ1n) is 8.92. The van der Waals surface area contributed by atoms with Crippen LogP contribution in [0, 0.1) is 0 Å². The molecule has 1 fully saturated rings. The first-order chi connectivity index (χ1) is 11.3. The number of anilines is 1. The van der Waals surface area contributed by atoms with E-state index in [4.69, 9.17) is 10.5 Å². The van der Waals surface area contributed by atoms with E-state index in [1.807, 2.05) is 20.8 Å². The third-order valence-corrected chi connectivity index (χ3v) is 4.76. The highest BCUT2D eigenvalue weighted by Crippen LogP contribution is 2.30. The van der Waals surface area contributed by atoms with Gasteiger partial charge in [0.1, 0.15) is 5.60 Å². The van der Waals surface area contributed by atoms with Crippen LogP contribution >= 0.6 is 0 Å². The molecule has 1 aromatic rings. The molecule has 5 nitrogen and oxygen atoms in total. The molecular formula is C19H29N3O2. The predicted octanol–water partition coefficient (Wildman–Crippen LogP) is 3.27. The molecule has 5 heteroatoms. The molecule has 24 heavy (non-hydrogen) atoms. The molecule has 2 aliphatic rings. The maximum Gasteiger partial charge on any atom is 0.410 e. The van der Waals surface area contributed by atoms with Crippen LogP contribution in [0.1, 0.15) is 51.2 Å². The SMILES string of the molecule is CC(C)(C)OC(=O)N1CCc2cccc(NC3CCC(N)C3)c2C1. The van der Waals surface area contributed by atoms with Crippen LogP contribution in [0.4, 0.5) is 10.5 Å². The first-order valence-corrected chi connectivity index (χ1v) is 8.92. The molecule has 1 saturated carbocycles. The van der Waals surface area contributed by atoms with Crippen LogP contribution in [-0.2, 0) is 17.7 Å². The number of fused-ring (bicyclic) bond motifs is 1. The number of nitrogens with one attached hydrogen (secondary N) is 1. The van der Waals surface area contributed by atoms with Gasteiger partial charge in [0.25, 0.3) is 0 Å². The van der Waals surface area contributed by atoms with Gasteiger partial charge in [-0.3, -0.25) is 0 Å². The van der Waals surface area contributed by atoms with Gasteiger partial charge in [0, 0.05) is 24.3 Å². The van der Waals surface area contributed by atoms with E-state index in [2.05, 4.69) is 23.5 Å². The fraction of sp³-hybridized carbons (Fsp3) is 0.632. The topological polar surface area (TPSA) is 67.6 Å². The van der Waals surface area contributed by atoms with Gasteiger partial charge >= 0.3 is 6.09 Å². The Labute approximate surface area is 144 Å². The molecule has 1 aromatic carbocycles. The highest BCUT2D eigenvalue weighted by atomic mass is 16.6. The first kappa shape index (κ1) is 17.1. The van der Waals surface area contributed by atoms with Gasteiger partial charge in [-0.2, -0.15) is 0 Å². The van der Waals surface area contributed by atoms with Crippen LogP contribution < -0.4 is 11.1 Å². The Kier molecular flexibility index (Phi) is 4.72. The van der Waals surface area contributed by atoms with Crippen LogP contribution in [-0.4, -0.2) is 35.2 Å². The van der Waals surface area contributed by atoms with E-state index >= 15 is 0 Å². The second-order valence-electron chi connectivity index (χ2n) is 8.01. The number of benzene rings is 1. The zero-order valence-corrected chi connectivity index (χ0v) is 15.0. The van der Waals surface area contributed by atoms with Gasteiger partial charge in [-0.25, -0.2) is 4.79 Å². The lowest BCUT2D eigenvalue weighted by Crippen LogP contribution is -2.40. The molecule has 1 amide bonds. The van der Waals surface area contributed by atoms with Crippen LogP contribution in [0.25, 0.3) is 0 Å². The van der Waals surface area contributed by atoms with E-state index < -0.39 is 5.60 Å². The largest absolute Gasteiger partial charge is 0.444 e. The molecule has 0 bridgehead atoms. The van der Waals surface area contributed by atoms with E-state index in [-0.39, 0.29) is 6.09 Å².